The molecule has 0 unspecified atom stereocenters. The van der Waals surface area contributed by atoms with Crippen LogP contribution in [0.1, 0.15) is 17.7 Å². The maximum absolute atomic E-state index is 12.1. The quantitative estimate of drug-likeness (QED) is 0.556. The van der Waals surface area contributed by atoms with Crippen molar-refractivity contribution in [1.82, 2.24) is 4.98 Å². The number of nitrogens with zero attached hydrogens (tertiary/aromatic N) is 1. The molecule has 0 amide bonds. The molecule has 0 aliphatic carbocycles. The molecule has 28 heavy (non-hydrogen) atoms. The fourth-order valence-corrected chi connectivity index (χ4v) is 3.63. The fraction of sp³-hybridized carbons (Fsp3) is 0.238. The van der Waals surface area contributed by atoms with Crippen LogP contribution in [0.3, 0.4) is 0 Å². The van der Waals surface area contributed by atoms with E-state index in [-0.39, 0.29) is 19.4 Å². The van der Waals surface area contributed by atoms with Crippen molar-refractivity contribution in [1.29, 1.82) is 0 Å². The number of aryl methyl sites for hydroxylation is 1. The van der Waals surface area contributed by atoms with Gasteiger partial charge in [0.05, 0.1) is 12.8 Å². The molecule has 0 saturated carbocycles. The Hall–Kier alpha value is -3.06. The van der Waals surface area contributed by atoms with Gasteiger partial charge in [-0.25, -0.2) is 4.98 Å². The van der Waals surface area contributed by atoms with Crippen molar-refractivity contribution < 1.29 is 23.7 Å². The molecule has 7 heteroatoms. The van der Waals surface area contributed by atoms with Gasteiger partial charge in [-0.05, 0) is 36.2 Å². The van der Waals surface area contributed by atoms with Crippen molar-refractivity contribution in [3.63, 3.8) is 0 Å². The van der Waals surface area contributed by atoms with Gasteiger partial charge in [0.1, 0.15) is 17.4 Å². The monoisotopic (exact) mass is 397 g/mol. The summed E-state index contributed by atoms with van der Waals surface area (Å²) in [5, 5.41) is 2.77. The van der Waals surface area contributed by atoms with Crippen molar-refractivity contribution in [3.8, 4) is 27.8 Å². The van der Waals surface area contributed by atoms with E-state index in [2.05, 4.69) is 4.98 Å². The molecule has 0 spiro atoms. The number of aromatic nitrogens is 1. The van der Waals surface area contributed by atoms with Crippen LogP contribution in [0, 0.1) is 0 Å². The van der Waals surface area contributed by atoms with E-state index in [1.165, 1.54) is 11.3 Å². The summed E-state index contributed by atoms with van der Waals surface area (Å²) in [7, 11) is 1.63. The van der Waals surface area contributed by atoms with Crippen molar-refractivity contribution in [2.24, 2.45) is 0 Å². The highest BCUT2D eigenvalue weighted by Crippen LogP contribution is 2.33. The van der Waals surface area contributed by atoms with Gasteiger partial charge >= 0.3 is 5.97 Å². The molecule has 0 radical (unpaired) electrons. The van der Waals surface area contributed by atoms with E-state index in [0.29, 0.717) is 12.8 Å². The Labute approximate surface area is 166 Å². The van der Waals surface area contributed by atoms with E-state index in [1.54, 1.807) is 7.11 Å². The van der Waals surface area contributed by atoms with Crippen LogP contribution in [-0.2, 0) is 22.6 Å². The van der Waals surface area contributed by atoms with Crippen molar-refractivity contribution in [3.05, 3.63) is 59.1 Å². The zero-order valence-corrected chi connectivity index (χ0v) is 16.2. The summed E-state index contributed by atoms with van der Waals surface area (Å²) in [6.45, 7) is 0.409. The van der Waals surface area contributed by atoms with E-state index < -0.39 is 0 Å². The Balaban J connectivity index is 1.28. The molecule has 2 heterocycles. The fourth-order valence-electron chi connectivity index (χ4n) is 2.83. The number of carbonyl (C=O) groups is 1. The first-order valence-electron chi connectivity index (χ1n) is 8.84. The molecule has 0 bridgehead atoms. The summed E-state index contributed by atoms with van der Waals surface area (Å²) in [6.07, 6.45) is 0.883. The number of thiazole rings is 1. The third kappa shape index (κ3) is 4.26. The summed E-state index contributed by atoms with van der Waals surface area (Å²) in [6, 6.07) is 13.4. The van der Waals surface area contributed by atoms with E-state index in [1.807, 2.05) is 47.8 Å². The van der Waals surface area contributed by atoms with Crippen LogP contribution >= 0.6 is 11.3 Å². The molecule has 1 aliphatic heterocycles. The molecule has 1 aromatic heterocycles. The van der Waals surface area contributed by atoms with E-state index >= 15 is 0 Å². The second-order valence-corrected chi connectivity index (χ2v) is 7.08. The van der Waals surface area contributed by atoms with Gasteiger partial charge in [0.2, 0.25) is 6.79 Å². The standard InChI is InChI=1S/C21H19NO5S/c1-24-17-4-2-3-15(10-17)21-22-16(12-28-21)11-25-20(23)8-6-14-5-7-18-19(9-14)27-13-26-18/h2-5,7,9-10,12H,6,8,11,13H2,1H3. The zero-order chi connectivity index (χ0) is 19.3. The highest BCUT2D eigenvalue weighted by atomic mass is 32.1. The number of benzene rings is 2. The van der Waals surface area contributed by atoms with Crippen molar-refractivity contribution in [2.75, 3.05) is 13.9 Å². The molecular weight excluding hydrogens is 378 g/mol. The maximum Gasteiger partial charge on any atom is 0.306 e. The summed E-state index contributed by atoms with van der Waals surface area (Å²) < 4.78 is 21.2. The number of methoxy groups -OCH3 is 1. The third-order valence-corrected chi connectivity index (χ3v) is 5.24. The molecule has 3 aromatic rings. The van der Waals surface area contributed by atoms with Gasteiger partial charge in [-0.1, -0.05) is 18.2 Å². The molecule has 0 N–H and O–H groups in total. The lowest BCUT2D eigenvalue weighted by Crippen LogP contribution is -2.06. The van der Waals surface area contributed by atoms with E-state index in [9.17, 15) is 4.79 Å². The van der Waals surface area contributed by atoms with Gasteiger partial charge < -0.3 is 18.9 Å². The van der Waals surface area contributed by atoms with Crippen LogP contribution in [0.25, 0.3) is 10.6 Å². The van der Waals surface area contributed by atoms with Gasteiger partial charge in [0, 0.05) is 17.4 Å². The van der Waals surface area contributed by atoms with Crippen molar-refractivity contribution >= 4 is 17.3 Å². The number of ether oxygens (including phenoxy) is 4. The first-order valence-corrected chi connectivity index (χ1v) is 9.72. The maximum atomic E-state index is 12.1. The van der Waals surface area contributed by atoms with Crippen LogP contribution in [0.5, 0.6) is 17.2 Å². The Morgan fingerprint density at radius 1 is 1.18 bits per heavy atom. The van der Waals surface area contributed by atoms with Gasteiger partial charge in [-0.2, -0.15) is 0 Å². The van der Waals surface area contributed by atoms with E-state index in [0.717, 1.165) is 39.1 Å². The van der Waals surface area contributed by atoms with Gasteiger partial charge in [0.15, 0.2) is 11.5 Å². The minimum atomic E-state index is -0.256. The summed E-state index contributed by atoms with van der Waals surface area (Å²) in [5.74, 6) is 1.98. The highest BCUT2D eigenvalue weighted by Gasteiger charge is 2.14. The largest absolute Gasteiger partial charge is 0.497 e. The topological polar surface area (TPSA) is 66.9 Å². The minimum absolute atomic E-state index is 0.167. The summed E-state index contributed by atoms with van der Waals surface area (Å²) in [4.78, 5) is 16.6. The Kier molecular flexibility index (Phi) is 5.43. The number of carbonyl (C=O) groups excluding carboxylic acids is 1. The average molecular weight is 397 g/mol. The lowest BCUT2D eigenvalue weighted by molar-refractivity contribution is -0.145. The predicted octanol–water partition coefficient (Wildman–Crippen LogP) is 4.22. The predicted molar refractivity (Wildman–Crippen MR) is 105 cm³/mol. The van der Waals surface area contributed by atoms with Gasteiger partial charge in [-0.3, -0.25) is 4.79 Å². The lowest BCUT2D eigenvalue weighted by Gasteiger charge is -2.04. The molecule has 4 rings (SSSR count). The van der Waals surface area contributed by atoms with Crippen LogP contribution in [-0.4, -0.2) is 24.9 Å². The van der Waals surface area contributed by atoms with Crippen LogP contribution in [0.15, 0.2) is 47.8 Å². The smallest absolute Gasteiger partial charge is 0.306 e. The van der Waals surface area contributed by atoms with E-state index in [4.69, 9.17) is 18.9 Å². The Morgan fingerprint density at radius 2 is 2.07 bits per heavy atom. The molecule has 0 fully saturated rings. The van der Waals surface area contributed by atoms with Crippen molar-refractivity contribution in [2.45, 2.75) is 19.4 Å². The number of hydrogen-bond donors (Lipinski definition) is 0. The van der Waals surface area contributed by atoms with Gasteiger partial charge in [0.25, 0.3) is 0 Å². The zero-order valence-electron chi connectivity index (χ0n) is 15.3. The Bertz CT molecular complexity index is 984. The van der Waals surface area contributed by atoms with Gasteiger partial charge in [-0.15, -0.1) is 11.3 Å². The highest BCUT2D eigenvalue weighted by molar-refractivity contribution is 7.13. The number of rotatable bonds is 7. The summed E-state index contributed by atoms with van der Waals surface area (Å²) in [5.41, 5.74) is 2.72. The second kappa shape index (κ2) is 8.31. The van der Waals surface area contributed by atoms with Crippen LogP contribution in [0.4, 0.5) is 0 Å². The normalized spacial score (nSPS) is 12.0. The molecule has 0 saturated heterocycles. The molecule has 0 atom stereocenters. The molecule has 1 aliphatic rings. The Morgan fingerprint density at radius 3 is 2.96 bits per heavy atom. The average Bonchev–Trinajstić information content (AvgIpc) is 3.39. The number of fused-ring (bicyclic) bond motifs is 1. The molecule has 6 nitrogen and oxygen atoms in total. The second-order valence-electron chi connectivity index (χ2n) is 6.22. The van der Waals surface area contributed by atoms with Crippen LogP contribution in [0.2, 0.25) is 0 Å². The SMILES string of the molecule is COc1cccc(-c2nc(COC(=O)CCc3ccc4c(c3)OCO4)cs2)c1. The number of esters is 1. The molecular formula is C21H19NO5S. The summed E-state index contributed by atoms with van der Waals surface area (Å²) >= 11 is 1.51. The number of hydrogen-bond acceptors (Lipinski definition) is 7. The minimum Gasteiger partial charge on any atom is -0.497 e. The lowest BCUT2D eigenvalue weighted by atomic mass is 10.1. The first kappa shape index (κ1) is 18.3. The molecule has 2 aromatic carbocycles. The first-order chi connectivity index (χ1) is 13.7. The van der Waals surface area contributed by atoms with Crippen LogP contribution < -0.4 is 14.2 Å². The molecule has 144 valence electrons. The third-order valence-electron chi connectivity index (χ3n) is 4.30.